The zero-order chi connectivity index (χ0) is 20.6. The van der Waals surface area contributed by atoms with Gasteiger partial charge in [0.2, 0.25) is 0 Å². The number of piperidine rings is 1. The average Bonchev–Trinajstić information content (AvgIpc) is 3.20. The highest BCUT2D eigenvalue weighted by Gasteiger charge is 2.22. The lowest BCUT2D eigenvalue weighted by Gasteiger charge is -2.34. The highest BCUT2D eigenvalue weighted by molar-refractivity contribution is 5.80. The molecule has 6 nitrogen and oxygen atoms in total. The quantitative estimate of drug-likeness (QED) is 0.368. The molecule has 0 bridgehead atoms. The normalized spacial score (nSPS) is 15.5. The highest BCUT2D eigenvalue weighted by Crippen LogP contribution is 2.19. The molecule has 0 unspecified atom stereocenters. The number of imidazole rings is 1. The lowest BCUT2D eigenvalue weighted by molar-refractivity contribution is 0.129. The Bertz CT molecular complexity index is 944. The second-order valence-corrected chi connectivity index (χ2v) is 7.63. The summed E-state index contributed by atoms with van der Waals surface area (Å²) in [6.07, 6.45) is 5.22. The van der Waals surface area contributed by atoms with Gasteiger partial charge in [-0.3, -0.25) is 4.99 Å². The maximum absolute atomic E-state index is 6.12. The molecule has 3 aromatic rings. The van der Waals surface area contributed by atoms with E-state index in [2.05, 4.69) is 44.9 Å². The Morgan fingerprint density at radius 1 is 1.10 bits per heavy atom. The van der Waals surface area contributed by atoms with Gasteiger partial charge >= 0.3 is 0 Å². The Kier molecular flexibility index (Phi) is 6.85. The van der Waals surface area contributed by atoms with E-state index in [1.54, 1.807) is 0 Å². The van der Waals surface area contributed by atoms with Gasteiger partial charge in [-0.05, 0) is 37.6 Å². The maximum atomic E-state index is 6.12. The molecule has 1 saturated heterocycles. The Labute approximate surface area is 178 Å². The van der Waals surface area contributed by atoms with Crippen LogP contribution in [0.25, 0.3) is 11.0 Å². The summed E-state index contributed by atoms with van der Waals surface area (Å²) in [5.74, 6) is 1.98. The third-order valence-corrected chi connectivity index (χ3v) is 5.47. The van der Waals surface area contributed by atoms with Crippen LogP contribution in [-0.2, 0) is 6.54 Å². The average molecular weight is 406 g/mol. The minimum Gasteiger partial charge on any atom is -0.490 e. The van der Waals surface area contributed by atoms with Crippen LogP contribution < -0.4 is 10.1 Å². The van der Waals surface area contributed by atoms with E-state index in [9.17, 15) is 0 Å². The van der Waals surface area contributed by atoms with Crippen LogP contribution in [0, 0.1) is 0 Å². The second kappa shape index (κ2) is 10.1. The Morgan fingerprint density at radius 2 is 1.87 bits per heavy atom. The van der Waals surface area contributed by atoms with Gasteiger partial charge < -0.3 is 19.5 Å². The van der Waals surface area contributed by atoms with Crippen molar-refractivity contribution in [2.75, 3.05) is 26.2 Å². The molecule has 1 aromatic heterocycles. The zero-order valence-electron chi connectivity index (χ0n) is 17.7. The predicted octanol–water partition coefficient (Wildman–Crippen LogP) is 3.94. The smallest absolute Gasteiger partial charge is 0.193 e. The summed E-state index contributed by atoms with van der Waals surface area (Å²) < 4.78 is 8.34. The number of nitrogens with zero attached hydrogens (tertiary/aromatic N) is 4. The summed E-state index contributed by atoms with van der Waals surface area (Å²) >= 11 is 0. The molecule has 2 heterocycles. The summed E-state index contributed by atoms with van der Waals surface area (Å²) in [5.41, 5.74) is 2.24. The van der Waals surface area contributed by atoms with Gasteiger partial charge in [0, 0.05) is 45.6 Å². The molecular formula is C24H31N5O. The van der Waals surface area contributed by atoms with Crippen molar-refractivity contribution in [2.24, 2.45) is 4.99 Å². The van der Waals surface area contributed by atoms with E-state index in [-0.39, 0.29) is 6.10 Å². The van der Waals surface area contributed by atoms with Crippen LogP contribution in [0.4, 0.5) is 0 Å². The third-order valence-electron chi connectivity index (χ3n) is 5.47. The van der Waals surface area contributed by atoms with Gasteiger partial charge in [-0.2, -0.15) is 0 Å². The summed E-state index contributed by atoms with van der Waals surface area (Å²) in [6.45, 7) is 6.67. The van der Waals surface area contributed by atoms with Gasteiger partial charge in [-0.15, -0.1) is 0 Å². The lowest BCUT2D eigenvalue weighted by Crippen LogP contribution is -2.47. The molecule has 1 N–H and O–H groups in total. The molecule has 2 aromatic carbocycles. The molecule has 0 saturated carbocycles. The maximum Gasteiger partial charge on any atom is 0.193 e. The van der Waals surface area contributed by atoms with Crippen LogP contribution in [0.1, 0.15) is 26.2 Å². The Balaban J connectivity index is 1.27. The van der Waals surface area contributed by atoms with Crippen LogP contribution >= 0.6 is 0 Å². The number of aromatic nitrogens is 2. The molecule has 158 valence electrons. The monoisotopic (exact) mass is 405 g/mol. The summed E-state index contributed by atoms with van der Waals surface area (Å²) in [4.78, 5) is 11.7. The number of hydrogen-bond acceptors (Lipinski definition) is 3. The van der Waals surface area contributed by atoms with Crippen molar-refractivity contribution in [1.29, 1.82) is 0 Å². The van der Waals surface area contributed by atoms with Gasteiger partial charge in [0.25, 0.3) is 0 Å². The number of guanidine groups is 1. The van der Waals surface area contributed by atoms with Crippen molar-refractivity contribution in [3.05, 3.63) is 60.9 Å². The van der Waals surface area contributed by atoms with E-state index in [0.29, 0.717) is 0 Å². The number of fused-ring (bicyclic) bond motifs is 1. The van der Waals surface area contributed by atoms with Crippen LogP contribution in [-0.4, -0.2) is 52.7 Å². The van der Waals surface area contributed by atoms with Crippen molar-refractivity contribution in [1.82, 2.24) is 19.8 Å². The van der Waals surface area contributed by atoms with Crippen molar-refractivity contribution in [2.45, 2.75) is 38.8 Å². The fourth-order valence-corrected chi connectivity index (χ4v) is 3.92. The van der Waals surface area contributed by atoms with Gasteiger partial charge in [-0.25, -0.2) is 4.98 Å². The van der Waals surface area contributed by atoms with Gasteiger partial charge in [0.1, 0.15) is 11.9 Å². The van der Waals surface area contributed by atoms with Gasteiger partial charge in [0.05, 0.1) is 17.4 Å². The highest BCUT2D eigenvalue weighted by atomic mass is 16.5. The van der Waals surface area contributed by atoms with Crippen molar-refractivity contribution in [3.8, 4) is 5.75 Å². The van der Waals surface area contributed by atoms with Crippen LogP contribution in [0.15, 0.2) is 65.9 Å². The van der Waals surface area contributed by atoms with E-state index in [4.69, 9.17) is 9.73 Å². The van der Waals surface area contributed by atoms with E-state index in [1.807, 2.05) is 42.7 Å². The lowest BCUT2D eigenvalue weighted by atomic mass is 10.1. The predicted molar refractivity (Wildman–Crippen MR) is 122 cm³/mol. The molecule has 0 atom stereocenters. The van der Waals surface area contributed by atoms with Crippen molar-refractivity contribution in [3.63, 3.8) is 0 Å². The fourth-order valence-electron chi connectivity index (χ4n) is 3.92. The van der Waals surface area contributed by atoms with E-state index >= 15 is 0 Å². The molecule has 1 aliphatic heterocycles. The number of benzene rings is 2. The fraction of sp³-hybridized carbons (Fsp3) is 0.417. The van der Waals surface area contributed by atoms with E-state index in [0.717, 1.165) is 69.2 Å². The minimum atomic E-state index is 0.279. The van der Waals surface area contributed by atoms with Crippen LogP contribution in [0.2, 0.25) is 0 Å². The third kappa shape index (κ3) is 5.12. The molecule has 0 amide bonds. The number of likely N-dealkylation sites (tertiary alicyclic amines) is 1. The largest absolute Gasteiger partial charge is 0.490 e. The number of ether oxygens (including phenoxy) is 1. The second-order valence-electron chi connectivity index (χ2n) is 7.63. The number of hydrogen-bond donors (Lipinski definition) is 1. The molecule has 4 rings (SSSR count). The first-order valence-corrected chi connectivity index (χ1v) is 11.0. The molecule has 6 heteroatoms. The summed E-state index contributed by atoms with van der Waals surface area (Å²) in [6, 6.07) is 18.4. The van der Waals surface area contributed by atoms with E-state index < -0.39 is 0 Å². The topological polar surface area (TPSA) is 54.7 Å². The van der Waals surface area contributed by atoms with Crippen molar-refractivity contribution < 1.29 is 4.74 Å². The first kappa shape index (κ1) is 20.3. The first-order chi connectivity index (χ1) is 14.8. The van der Waals surface area contributed by atoms with Crippen molar-refractivity contribution >= 4 is 17.0 Å². The SMILES string of the molecule is CCNC(=NCCCn1cnc2ccccc21)N1CCC(Oc2ccccc2)CC1. The first-order valence-electron chi connectivity index (χ1n) is 11.0. The number of para-hydroxylation sites is 3. The number of nitrogens with one attached hydrogen (secondary N) is 1. The van der Waals surface area contributed by atoms with Gasteiger partial charge in [-0.1, -0.05) is 30.3 Å². The summed E-state index contributed by atoms with van der Waals surface area (Å²) in [5, 5.41) is 3.46. The molecule has 30 heavy (non-hydrogen) atoms. The zero-order valence-corrected chi connectivity index (χ0v) is 17.7. The molecule has 0 spiro atoms. The number of aryl methyl sites for hydroxylation is 1. The summed E-state index contributed by atoms with van der Waals surface area (Å²) in [7, 11) is 0. The molecule has 1 fully saturated rings. The van der Waals surface area contributed by atoms with Crippen LogP contribution in [0.5, 0.6) is 5.75 Å². The molecule has 0 aliphatic carbocycles. The minimum absolute atomic E-state index is 0.279. The number of rotatable bonds is 7. The van der Waals surface area contributed by atoms with Gasteiger partial charge in [0.15, 0.2) is 5.96 Å². The molecule has 0 radical (unpaired) electrons. The Morgan fingerprint density at radius 3 is 2.67 bits per heavy atom. The van der Waals surface area contributed by atoms with Crippen LogP contribution in [0.3, 0.4) is 0 Å². The standard InChI is InChI=1S/C24H31N5O/c1-2-25-24(26-15-8-16-29-19-27-22-11-6-7-12-23(22)29)28-17-13-21(14-18-28)30-20-9-4-3-5-10-20/h3-7,9-12,19,21H,2,8,13-18H2,1H3,(H,25,26). The molecular weight excluding hydrogens is 374 g/mol. The number of aliphatic imine (C=N–C) groups is 1. The molecule has 1 aliphatic rings. The Hall–Kier alpha value is -3.02. The van der Waals surface area contributed by atoms with E-state index in [1.165, 1.54) is 5.52 Å².